The standard InChI is InChI=1S/C12H11Br2FO2/c1-2-3-10(16)11(15)12(17)7-4-8(13)6-9(14)5-7/h4-6,11H,2-3H2,1H3. The second kappa shape index (κ2) is 6.40. The number of halogens is 3. The maximum atomic E-state index is 13.6. The van der Waals surface area contributed by atoms with Gasteiger partial charge >= 0.3 is 0 Å². The van der Waals surface area contributed by atoms with Crippen molar-refractivity contribution in [2.45, 2.75) is 25.9 Å². The van der Waals surface area contributed by atoms with Crippen LogP contribution < -0.4 is 0 Å². The van der Waals surface area contributed by atoms with Crippen molar-refractivity contribution in [1.29, 1.82) is 0 Å². The molecule has 0 N–H and O–H groups in total. The Bertz CT molecular complexity index is 426. The first-order valence-electron chi connectivity index (χ1n) is 5.12. The van der Waals surface area contributed by atoms with Crippen molar-refractivity contribution in [3.05, 3.63) is 32.7 Å². The number of Topliss-reactive ketones (excluding diaryl/α,β-unsaturated/α-hetero) is 2. The molecule has 0 spiro atoms. The van der Waals surface area contributed by atoms with Crippen LogP contribution in [0.1, 0.15) is 30.1 Å². The van der Waals surface area contributed by atoms with Gasteiger partial charge in [-0.3, -0.25) is 9.59 Å². The Balaban J connectivity index is 2.92. The van der Waals surface area contributed by atoms with Gasteiger partial charge in [0.1, 0.15) is 0 Å². The summed E-state index contributed by atoms with van der Waals surface area (Å²) in [7, 11) is 0. The van der Waals surface area contributed by atoms with Gasteiger partial charge in [0.25, 0.3) is 0 Å². The van der Waals surface area contributed by atoms with Gasteiger partial charge in [0, 0.05) is 20.9 Å². The molecule has 1 rings (SSSR count). The number of rotatable bonds is 5. The molecule has 1 aromatic rings. The van der Waals surface area contributed by atoms with Crippen molar-refractivity contribution < 1.29 is 14.0 Å². The van der Waals surface area contributed by atoms with E-state index in [2.05, 4.69) is 31.9 Å². The second-order valence-corrected chi connectivity index (χ2v) is 5.43. The lowest BCUT2D eigenvalue weighted by molar-refractivity contribution is -0.122. The highest BCUT2D eigenvalue weighted by molar-refractivity contribution is 9.11. The van der Waals surface area contributed by atoms with E-state index in [1.54, 1.807) is 13.0 Å². The van der Waals surface area contributed by atoms with Crippen LogP contribution in [-0.2, 0) is 4.79 Å². The van der Waals surface area contributed by atoms with Crippen LogP contribution in [0.25, 0.3) is 0 Å². The van der Waals surface area contributed by atoms with Gasteiger partial charge in [-0.25, -0.2) is 4.39 Å². The predicted molar refractivity (Wildman–Crippen MR) is 71.0 cm³/mol. The minimum Gasteiger partial charge on any atom is -0.296 e. The Morgan fingerprint density at radius 1 is 1.24 bits per heavy atom. The Morgan fingerprint density at radius 3 is 2.24 bits per heavy atom. The maximum absolute atomic E-state index is 13.6. The number of carbonyl (C=O) groups excluding carboxylic acids is 2. The summed E-state index contributed by atoms with van der Waals surface area (Å²) < 4.78 is 14.9. The monoisotopic (exact) mass is 364 g/mol. The molecule has 1 atom stereocenters. The van der Waals surface area contributed by atoms with Crippen LogP contribution in [0.15, 0.2) is 27.1 Å². The van der Waals surface area contributed by atoms with E-state index in [1.807, 2.05) is 0 Å². The highest BCUT2D eigenvalue weighted by Gasteiger charge is 2.26. The van der Waals surface area contributed by atoms with Gasteiger partial charge in [-0.05, 0) is 24.6 Å². The van der Waals surface area contributed by atoms with E-state index in [0.717, 1.165) is 0 Å². The second-order valence-electron chi connectivity index (χ2n) is 3.60. The molecule has 0 aliphatic heterocycles. The van der Waals surface area contributed by atoms with E-state index in [1.165, 1.54) is 12.1 Å². The summed E-state index contributed by atoms with van der Waals surface area (Å²) in [5.74, 6) is -1.45. The van der Waals surface area contributed by atoms with Crippen molar-refractivity contribution in [2.24, 2.45) is 0 Å². The predicted octanol–water partition coefficient (Wildman–Crippen LogP) is 4.10. The van der Waals surface area contributed by atoms with Crippen LogP contribution >= 0.6 is 31.9 Å². The largest absolute Gasteiger partial charge is 0.296 e. The van der Waals surface area contributed by atoms with E-state index in [0.29, 0.717) is 15.4 Å². The Morgan fingerprint density at radius 2 is 1.76 bits per heavy atom. The number of ketones is 2. The van der Waals surface area contributed by atoms with Crippen molar-refractivity contribution in [2.75, 3.05) is 0 Å². The zero-order chi connectivity index (χ0) is 13.0. The van der Waals surface area contributed by atoms with Gasteiger partial charge in [-0.2, -0.15) is 0 Å². The molecule has 0 radical (unpaired) electrons. The minimum atomic E-state index is -2.06. The van der Waals surface area contributed by atoms with Gasteiger partial charge in [-0.1, -0.05) is 38.8 Å². The SMILES string of the molecule is CCCC(=O)C(F)C(=O)c1cc(Br)cc(Br)c1. The molecule has 0 amide bonds. The fourth-order valence-electron chi connectivity index (χ4n) is 1.36. The molecule has 0 bridgehead atoms. The van der Waals surface area contributed by atoms with Crippen molar-refractivity contribution in [3.8, 4) is 0 Å². The van der Waals surface area contributed by atoms with Gasteiger partial charge < -0.3 is 0 Å². The quantitative estimate of drug-likeness (QED) is 0.581. The van der Waals surface area contributed by atoms with Crippen LogP contribution in [0.2, 0.25) is 0 Å². The molecule has 1 aromatic carbocycles. The van der Waals surface area contributed by atoms with Crippen LogP contribution in [-0.4, -0.2) is 17.7 Å². The zero-order valence-electron chi connectivity index (χ0n) is 9.17. The lowest BCUT2D eigenvalue weighted by atomic mass is 10.0. The Hall–Kier alpha value is -0.550. The van der Waals surface area contributed by atoms with E-state index in [-0.39, 0.29) is 12.0 Å². The number of hydrogen-bond donors (Lipinski definition) is 0. The van der Waals surface area contributed by atoms with Crippen molar-refractivity contribution in [3.63, 3.8) is 0 Å². The van der Waals surface area contributed by atoms with Gasteiger partial charge in [0.2, 0.25) is 12.0 Å². The summed E-state index contributed by atoms with van der Waals surface area (Å²) >= 11 is 6.42. The molecular weight excluding hydrogens is 355 g/mol. The summed E-state index contributed by atoms with van der Waals surface area (Å²) in [4.78, 5) is 23.0. The lowest BCUT2D eigenvalue weighted by Gasteiger charge is -2.07. The van der Waals surface area contributed by atoms with E-state index in [9.17, 15) is 14.0 Å². The summed E-state index contributed by atoms with van der Waals surface area (Å²) in [6, 6.07) is 4.73. The first-order valence-corrected chi connectivity index (χ1v) is 6.71. The fourth-order valence-corrected chi connectivity index (χ4v) is 2.66. The zero-order valence-corrected chi connectivity index (χ0v) is 12.3. The molecule has 0 fully saturated rings. The molecule has 0 aromatic heterocycles. The number of alkyl halides is 1. The van der Waals surface area contributed by atoms with E-state index in [4.69, 9.17) is 0 Å². The third-order valence-corrected chi connectivity index (χ3v) is 3.07. The molecule has 5 heteroatoms. The molecule has 0 saturated heterocycles. The molecule has 0 saturated carbocycles. The summed E-state index contributed by atoms with van der Waals surface area (Å²) in [5.41, 5.74) is 0.184. The number of hydrogen-bond acceptors (Lipinski definition) is 2. The Labute approximate surface area is 116 Å². The van der Waals surface area contributed by atoms with E-state index >= 15 is 0 Å². The Kier molecular flexibility index (Phi) is 5.46. The van der Waals surface area contributed by atoms with Gasteiger partial charge in [-0.15, -0.1) is 0 Å². The van der Waals surface area contributed by atoms with Crippen LogP contribution in [0.5, 0.6) is 0 Å². The van der Waals surface area contributed by atoms with Gasteiger partial charge in [0.15, 0.2) is 5.78 Å². The van der Waals surface area contributed by atoms with Crippen LogP contribution in [0, 0.1) is 0 Å². The molecule has 0 aliphatic rings. The van der Waals surface area contributed by atoms with Crippen molar-refractivity contribution >= 4 is 43.4 Å². The third-order valence-electron chi connectivity index (χ3n) is 2.16. The summed E-state index contributed by atoms with van der Waals surface area (Å²) in [6.45, 7) is 1.77. The highest BCUT2D eigenvalue weighted by atomic mass is 79.9. The molecule has 92 valence electrons. The highest BCUT2D eigenvalue weighted by Crippen LogP contribution is 2.22. The molecule has 17 heavy (non-hydrogen) atoms. The lowest BCUT2D eigenvalue weighted by Crippen LogP contribution is -2.25. The van der Waals surface area contributed by atoms with E-state index < -0.39 is 17.7 Å². The third kappa shape index (κ3) is 4.00. The van der Waals surface area contributed by atoms with Gasteiger partial charge in [0.05, 0.1) is 0 Å². The molecular formula is C12H11Br2FO2. The maximum Gasteiger partial charge on any atom is 0.220 e. The molecule has 1 unspecified atom stereocenters. The smallest absolute Gasteiger partial charge is 0.220 e. The molecule has 0 heterocycles. The average molecular weight is 366 g/mol. The van der Waals surface area contributed by atoms with Crippen molar-refractivity contribution in [1.82, 2.24) is 0 Å². The fraction of sp³-hybridized carbons (Fsp3) is 0.333. The van der Waals surface area contributed by atoms with Crippen LogP contribution in [0.3, 0.4) is 0 Å². The summed E-state index contributed by atoms with van der Waals surface area (Å²) in [5, 5.41) is 0. The number of carbonyl (C=O) groups is 2. The normalized spacial score (nSPS) is 12.2. The molecule has 0 aliphatic carbocycles. The average Bonchev–Trinajstić information content (AvgIpc) is 2.26. The first kappa shape index (κ1) is 14.5. The topological polar surface area (TPSA) is 34.1 Å². The minimum absolute atomic E-state index is 0.0854. The number of benzene rings is 1. The first-order chi connectivity index (χ1) is 7.95. The summed E-state index contributed by atoms with van der Waals surface area (Å²) in [6.07, 6.45) is -1.44. The van der Waals surface area contributed by atoms with Crippen LogP contribution in [0.4, 0.5) is 4.39 Å². The molecule has 2 nitrogen and oxygen atoms in total.